The minimum absolute atomic E-state index is 0.0550. The van der Waals surface area contributed by atoms with Gasteiger partial charge in [-0.3, -0.25) is 4.18 Å². The molecule has 0 saturated heterocycles. The van der Waals surface area contributed by atoms with E-state index in [4.69, 9.17) is 0 Å². The first-order valence-electron chi connectivity index (χ1n) is 5.00. The fraction of sp³-hybridized carbons (Fsp3) is 0.455. The first-order valence-corrected chi connectivity index (χ1v) is 6.40. The molecular formula is C11H13FO3S. The Bertz CT molecular complexity index is 518. The lowest BCUT2D eigenvalue weighted by Crippen LogP contribution is -2.11. The van der Waals surface area contributed by atoms with Crippen molar-refractivity contribution < 1.29 is 17.0 Å². The SMILES string of the molecule is COS(=O)(=O)c1ccc(C)cc1C1(F)CC1. The quantitative estimate of drug-likeness (QED) is 0.766. The minimum atomic E-state index is -3.83. The third kappa shape index (κ3) is 1.85. The highest BCUT2D eigenvalue weighted by Crippen LogP contribution is 2.51. The molecule has 0 radical (unpaired) electrons. The van der Waals surface area contributed by atoms with Gasteiger partial charge >= 0.3 is 0 Å². The van der Waals surface area contributed by atoms with Gasteiger partial charge in [0.2, 0.25) is 0 Å². The Hall–Kier alpha value is -0.940. The molecule has 1 aromatic carbocycles. The van der Waals surface area contributed by atoms with Crippen molar-refractivity contribution in [2.45, 2.75) is 30.3 Å². The van der Waals surface area contributed by atoms with Gasteiger partial charge in [-0.2, -0.15) is 8.42 Å². The number of halogens is 1. The molecule has 0 bridgehead atoms. The van der Waals surface area contributed by atoms with Crippen molar-refractivity contribution in [1.29, 1.82) is 0 Å². The third-order valence-corrected chi connectivity index (χ3v) is 4.13. The normalized spacial score (nSPS) is 18.4. The van der Waals surface area contributed by atoms with Gasteiger partial charge in [0.05, 0.1) is 7.11 Å². The zero-order chi connectivity index (χ0) is 12.0. The van der Waals surface area contributed by atoms with Crippen molar-refractivity contribution in [3.63, 3.8) is 0 Å². The van der Waals surface area contributed by atoms with E-state index >= 15 is 0 Å². The number of alkyl halides is 1. The summed E-state index contributed by atoms with van der Waals surface area (Å²) in [6.07, 6.45) is 0.755. The number of hydrogen-bond donors (Lipinski definition) is 0. The molecule has 1 aliphatic rings. The largest absolute Gasteiger partial charge is 0.297 e. The van der Waals surface area contributed by atoms with Gasteiger partial charge in [0.25, 0.3) is 10.1 Å². The number of hydrogen-bond acceptors (Lipinski definition) is 3. The first kappa shape index (κ1) is 11.5. The molecule has 0 atom stereocenters. The van der Waals surface area contributed by atoms with Crippen LogP contribution in [0.25, 0.3) is 0 Å². The van der Waals surface area contributed by atoms with E-state index in [-0.39, 0.29) is 10.5 Å². The van der Waals surface area contributed by atoms with Crippen LogP contribution in [0.15, 0.2) is 23.1 Å². The molecule has 0 amide bonds. The molecule has 5 heteroatoms. The maximum atomic E-state index is 14.0. The summed E-state index contributed by atoms with van der Waals surface area (Å²) < 4.78 is 41.7. The summed E-state index contributed by atoms with van der Waals surface area (Å²) >= 11 is 0. The Balaban J connectivity index is 2.62. The van der Waals surface area contributed by atoms with Gasteiger partial charge in [-0.25, -0.2) is 4.39 Å². The highest BCUT2D eigenvalue weighted by Gasteiger charge is 2.48. The van der Waals surface area contributed by atoms with Crippen molar-refractivity contribution in [2.75, 3.05) is 7.11 Å². The van der Waals surface area contributed by atoms with E-state index in [1.54, 1.807) is 19.1 Å². The van der Waals surface area contributed by atoms with E-state index in [0.29, 0.717) is 12.8 Å². The molecule has 0 spiro atoms. The molecule has 1 aliphatic carbocycles. The Morgan fingerprint density at radius 1 is 1.38 bits per heavy atom. The molecule has 1 saturated carbocycles. The maximum absolute atomic E-state index is 14.0. The topological polar surface area (TPSA) is 43.4 Å². The predicted molar refractivity (Wildman–Crippen MR) is 57.4 cm³/mol. The van der Waals surface area contributed by atoms with Crippen LogP contribution in [0.4, 0.5) is 4.39 Å². The highest BCUT2D eigenvalue weighted by atomic mass is 32.2. The second kappa shape index (κ2) is 3.53. The van der Waals surface area contributed by atoms with Crippen LogP contribution >= 0.6 is 0 Å². The summed E-state index contributed by atoms with van der Waals surface area (Å²) in [5, 5.41) is 0. The lowest BCUT2D eigenvalue weighted by Gasteiger charge is -2.12. The highest BCUT2D eigenvalue weighted by molar-refractivity contribution is 7.86. The molecular weight excluding hydrogens is 231 g/mol. The van der Waals surface area contributed by atoms with Gasteiger partial charge in [0.1, 0.15) is 10.6 Å². The monoisotopic (exact) mass is 244 g/mol. The molecule has 16 heavy (non-hydrogen) atoms. The molecule has 3 nitrogen and oxygen atoms in total. The summed E-state index contributed by atoms with van der Waals surface area (Å²) in [6, 6.07) is 4.63. The summed E-state index contributed by atoms with van der Waals surface area (Å²) in [7, 11) is -2.75. The average Bonchev–Trinajstić information content (AvgIpc) is 2.97. The van der Waals surface area contributed by atoms with Gasteiger partial charge in [-0.1, -0.05) is 17.7 Å². The van der Waals surface area contributed by atoms with Gasteiger partial charge < -0.3 is 0 Å². The van der Waals surface area contributed by atoms with E-state index in [1.807, 2.05) is 0 Å². The van der Waals surface area contributed by atoms with Crippen LogP contribution in [0, 0.1) is 6.92 Å². The van der Waals surface area contributed by atoms with Crippen LogP contribution in [0.1, 0.15) is 24.0 Å². The molecule has 0 aromatic heterocycles. The Morgan fingerprint density at radius 3 is 2.50 bits per heavy atom. The minimum Gasteiger partial charge on any atom is -0.270 e. The second-order valence-electron chi connectivity index (χ2n) is 4.09. The predicted octanol–water partition coefficient (Wildman–Crippen LogP) is 2.29. The van der Waals surface area contributed by atoms with Crippen LogP contribution in [0.3, 0.4) is 0 Å². The van der Waals surface area contributed by atoms with E-state index in [1.165, 1.54) is 6.07 Å². The van der Waals surface area contributed by atoms with Crippen LogP contribution in [0.2, 0.25) is 0 Å². The molecule has 0 aliphatic heterocycles. The van der Waals surface area contributed by atoms with Gasteiger partial charge in [0.15, 0.2) is 0 Å². The molecule has 2 rings (SSSR count). The van der Waals surface area contributed by atoms with Crippen molar-refractivity contribution in [3.05, 3.63) is 29.3 Å². The molecule has 0 unspecified atom stereocenters. The number of aryl methyl sites for hydroxylation is 1. The van der Waals surface area contributed by atoms with Gasteiger partial charge in [-0.15, -0.1) is 0 Å². The lowest BCUT2D eigenvalue weighted by molar-refractivity contribution is 0.309. The summed E-state index contributed by atoms with van der Waals surface area (Å²) in [5.74, 6) is 0. The second-order valence-corrected chi connectivity index (χ2v) is 5.77. The third-order valence-electron chi connectivity index (χ3n) is 2.80. The average molecular weight is 244 g/mol. The fourth-order valence-electron chi connectivity index (χ4n) is 1.68. The molecule has 1 aromatic rings. The Morgan fingerprint density at radius 2 is 2.00 bits per heavy atom. The van der Waals surface area contributed by atoms with E-state index in [2.05, 4.69) is 4.18 Å². The van der Waals surface area contributed by atoms with Crippen molar-refractivity contribution in [1.82, 2.24) is 0 Å². The summed E-state index contributed by atoms with van der Waals surface area (Å²) in [5.41, 5.74) is -0.407. The molecule has 1 fully saturated rings. The van der Waals surface area contributed by atoms with E-state index in [0.717, 1.165) is 12.7 Å². The van der Waals surface area contributed by atoms with E-state index < -0.39 is 15.8 Å². The van der Waals surface area contributed by atoms with Gasteiger partial charge in [-0.05, 0) is 25.8 Å². The molecule has 88 valence electrons. The van der Waals surface area contributed by atoms with Crippen molar-refractivity contribution in [2.24, 2.45) is 0 Å². The summed E-state index contributed by atoms with van der Waals surface area (Å²) in [6.45, 7) is 1.80. The van der Waals surface area contributed by atoms with Crippen molar-refractivity contribution in [3.8, 4) is 0 Å². The standard InChI is InChI=1S/C11H13FO3S/c1-8-3-4-10(16(13,14)15-2)9(7-8)11(12)5-6-11/h3-4,7H,5-6H2,1-2H3. The first-order chi connectivity index (χ1) is 7.39. The zero-order valence-corrected chi connectivity index (χ0v) is 9.97. The number of benzene rings is 1. The molecule has 0 N–H and O–H groups in total. The smallest absolute Gasteiger partial charge is 0.270 e. The molecule has 0 heterocycles. The number of rotatable bonds is 3. The van der Waals surface area contributed by atoms with E-state index in [9.17, 15) is 12.8 Å². The van der Waals surface area contributed by atoms with Crippen LogP contribution in [-0.2, 0) is 20.0 Å². The maximum Gasteiger partial charge on any atom is 0.297 e. The summed E-state index contributed by atoms with van der Waals surface area (Å²) in [4.78, 5) is -0.0550. The fourth-order valence-corrected chi connectivity index (χ4v) is 2.61. The van der Waals surface area contributed by atoms with Crippen LogP contribution in [-0.4, -0.2) is 15.5 Å². The Kier molecular flexibility index (Phi) is 2.55. The van der Waals surface area contributed by atoms with Gasteiger partial charge in [0, 0.05) is 5.56 Å². The lowest BCUT2D eigenvalue weighted by atomic mass is 10.1. The van der Waals surface area contributed by atoms with Crippen LogP contribution < -0.4 is 0 Å². The zero-order valence-electron chi connectivity index (χ0n) is 9.16. The Labute approximate surface area is 94.4 Å². The van der Waals surface area contributed by atoms with Crippen molar-refractivity contribution >= 4 is 10.1 Å². The van der Waals surface area contributed by atoms with Crippen LogP contribution in [0.5, 0.6) is 0 Å².